The number of anilines is 1. The minimum atomic E-state index is -0.857. The lowest BCUT2D eigenvalue weighted by Crippen LogP contribution is -2.12. The van der Waals surface area contributed by atoms with Gasteiger partial charge in [-0.25, -0.2) is 0 Å². The van der Waals surface area contributed by atoms with E-state index >= 15 is 0 Å². The molecule has 0 aliphatic heterocycles. The van der Waals surface area contributed by atoms with Crippen molar-refractivity contribution in [1.82, 2.24) is 0 Å². The molecule has 0 bridgehead atoms. The number of benzene rings is 2. The number of carbonyl (C=O) groups is 2. The number of amides is 1. The van der Waals surface area contributed by atoms with E-state index in [-0.39, 0.29) is 12.3 Å². The number of carbonyl (C=O) groups excluding carboxylic acids is 1. The van der Waals surface area contributed by atoms with Crippen molar-refractivity contribution < 1.29 is 24.2 Å². The number of hydrogen-bond donors (Lipinski definition) is 2. The molecular weight excluding hydrogens is 442 g/mol. The number of allylic oxidation sites excluding steroid dienone is 1. The minimum Gasteiger partial charge on any atom is -0.497 e. The topological polar surface area (TPSA) is 84.9 Å². The number of unbranched alkanes of at least 4 members (excludes halogenated alkanes) is 5. The number of carboxylic acids is 1. The Balaban J connectivity index is 1.81. The summed E-state index contributed by atoms with van der Waals surface area (Å²) in [4.78, 5) is 23.3. The molecule has 6 nitrogen and oxygen atoms in total. The van der Waals surface area contributed by atoms with Crippen LogP contribution in [-0.4, -0.2) is 30.7 Å². The first-order valence-corrected chi connectivity index (χ1v) is 12.6. The van der Waals surface area contributed by atoms with Gasteiger partial charge in [-0.05, 0) is 73.6 Å². The van der Waals surface area contributed by atoms with Gasteiger partial charge in [0.2, 0.25) is 5.91 Å². The largest absolute Gasteiger partial charge is 0.497 e. The molecule has 0 heterocycles. The molecule has 190 valence electrons. The molecule has 2 aromatic carbocycles. The fraction of sp³-hybridized carbons (Fsp3) is 0.448. The van der Waals surface area contributed by atoms with Crippen LogP contribution in [0.2, 0.25) is 0 Å². The first-order valence-electron chi connectivity index (χ1n) is 12.6. The van der Waals surface area contributed by atoms with Gasteiger partial charge in [0.1, 0.15) is 11.5 Å². The quantitative estimate of drug-likeness (QED) is 0.241. The number of hydrogen-bond acceptors (Lipinski definition) is 4. The van der Waals surface area contributed by atoms with Crippen LogP contribution in [0.25, 0.3) is 6.08 Å². The van der Waals surface area contributed by atoms with Crippen LogP contribution >= 0.6 is 0 Å². The molecule has 0 saturated heterocycles. The summed E-state index contributed by atoms with van der Waals surface area (Å²) in [5, 5.41) is 12.0. The van der Waals surface area contributed by atoms with Crippen LogP contribution in [0, 0.1) is 0 Å². The molecule has 2 aromatic rings. The van der Waals surface area contributed by atoms with Crippen molar-refractivity contribution in [2.75, 3.05) is 19.0 Å². The van der Waals surface area contributed by atoms with Crippen molar-refractivity contribution in [3.8, 4) is 11.5 Å². The molecule has 0 aliphatic rings. The van der Waals surface area contributed by atoms with Gasteiger partial charge in [0, 0.05) is 18.5 Å². The van der Waals surface area contributed by atoms with Crippen LogP contribution in [0.1, 0.15) is 75.8 Å². The molecule has 6 heteroatoms. The summed E-state index contributed by atoms with van der Waals surface area (Å²) in [5.41, 5.74) is 2.62. The first kappa shape index (κ1) is 28.0. The van der Waals surface area contributed by atoms with E-state index in [0.717, 1.165) is 61.8 Å². The van der Waals surface area contributed by atoms with Crippen molar-refractivity contribution in [3.63, 3.8) is 0 Å². The normalized spacial score (nSPS) is 10.9. The molecule has 1 amide bonds. The summed E-state index contributed by atoms with van der Waals surface area (Å²) in [7, 11) is 1.66. The second-order valence-electron chi connectivity index (χ2n) is 8.59. The third-order valence-electron chi connectivity index (χ3n) is 5.66. The van der Waals surface area contributed by atoms with Crippen molar-refractivity contribution >= 4 is 23.6 Å². The number of nitrogens with one attached hydrogen (secondary N) is 1. The predicted molar refractivity (Wildman–Crippen MR) is 141 cm³/mol. The number of rotatable bonds is 17. The molecule has 2 N–H and O–H groups in total. The first-order chi connectivity index (χ1) is 17.0. The third-order valence-corrected chi connectivity index (χ3v) is 5.66. The Labute approximate surface area is 209 Å². The van der Waals surface area contributed by atoms with E-state index in [1.54, 1.807) is 7.11 Å². The third kappa shape index (κ3) is 11.6. The Kier molecular flexibility index (Phi) is 13.1. The van der Waals surface area contributed by atoms with Gasteiger partial charge >= 0.3 is 5.97 Å². The molecule has 0 fully saturated rings. The molecule has 35 heavy (non-hydrogen) atoms. The van der Waals surface area contributed by atoms with E-state index in [1.807, 2.05) is 42.5 Å². The highest BCUT2D eigenvalue weighted by Crippen LogP contribution is 2.25. The Hall–Kier alpha value is -3.28. The Morgan fingerprint density at radius 3 is 2.49 bits per heavy atom. The summed E-state index contributed by atoms with van der Waals surface area (Å²) < 4.78 is 11.1. The zero-order chi connectivity index (χ0) is 25.3. The van der Waals surface area contributed by atoms with Crippen LogP contribution in [0.5, 0.6) is 11.5 Å². The Morgan fingerprint density at radius 2 is 1.77 bits per heavy atom. The zero-order valence-corrected chi connectivity index (χ0v) is 21.1. The zero-order valence-electron chi connectivity index (χ0n) is 21.1. The lowest BCUT2D eigenvalue weighted by molar-refractivity contribution is -0.137. The highest BCUT2D eigenvalue weighted by molar-refractivity contribution is 5.90. The molecule has 2 rings (SSSR count). The summed E-state index contributed by atoms with van der Waals surface area (Å²) in [6, 6.07) is 13.4. The van der Waals surface area contributed by atoms with E-state index in [0.29, 0.717) is 30.9 Å². The Bertz CT molecular complexity index is 937. The predicted octanol–water partition coefficient (Wildman–Crippen LogP) is 6.88. The van der Waals surface area contributed by atoms with Gasteiger partial charge in [-0.2, -0.15) is 0 Å². The van der Waals surface area contributed by atoms with Gasteiger partial charge in [-0.15, -0.1) is 0 Å². The van der Waals surface area contributed by atoms with Gasteiger partial charge in [0.25, 0.3) is 0 Å². The molecular formula is C29H39NO5. The van der Waals surface area contributed by atoms with Crippen molar-refractivity contribution in [3.05, 3.63) is 59.7 Å². The fourth-order valence-corrected chi connectivity index (χ4v) is 3.65. The highest BCUT2D eigenvalue weighted by atomic mass is 16.5. The highest BCUT2D eigenvalue weighted by Gasteiger charge is 2.10. The number of aliphatic carboxylic acids is 1. The van der Waals surface area contributed by atoms with E-state index in [1.165, 1.54) is 0 Å². The van der Waals surface area contributed by atoms with Gasteiger partial charge in [-0.3, -0.25) is 9.59 Å². The SMILES string of the molecule is CCCCCCC(=O)Nc1ccc(OCCCC/C=C/c2ccc(OC)cc2)c(CCC(=O)O)c1. The van der Waals surface area contributed by atoms with Crippen LogP contribution in [0.4, 0.5) is 5.69 Å². The van der Waals surface area contributed by atoms with Crippen LogP contribution in [-0.2, 0) is 16.0 Å². The molecule has 0 unspecified atom stereocenters. The lowest BCUT2D eigenvalue weighted by Gasteiger charge is -2.13. The summed E-state index contributed by atoms with van der Waals surface area (Å²) >= 11 is 0. The number of carboxylic acid groups (broad SMARTS) is 1. The van der Waals surface area contributed by atoms with Crippen LogP contribution < -0.4 is 14.8 Å². The van der Waals surface area contributed by atoms with E-state index < -0.39 is 5.97 Å². The monoisotopic (exact) mass is 481 g/mol. The molecule has 0 spiro atoms. The van der Waals surface area contributed by atoms with Crippen molar-refractivity contribution in [2.24, 2.45) is 0 Å². The standard InChI is InChI=1S/C29H39NO5/c1-3-4-5-9-12-28(31)30-25-16-19-27(24(22-25)15-20-29(32)33)35-21-10-7-6-8-11-23-13-17-26(34-2)18-14-23/h8,11,13-14,16-19,22H,3-7,9-10,12,15,20-21H2,1-2H3,(H,30,31)(H,32,33)/b11-8+. The molecule has 0 aliphatic carbocycles. The van der Waals surface area contributed by atoms with Crippen molar-refractivity contribution in [1.29, 1.82) is 0 Å². The van der Waals surface area contributed by atoms with Crippen LogP contribution in [0.15, 0.2) is 48.5 Å². The van der Waals surface area contributed by atoms with E-state index in [4.69, 9.17) is 14.6 Å². The summed E-state index contributed by atoms with van der Waals surface area (Å²) in [5.74, 6) is 0.660. The second-order valence-corrected chi connectivity index (χ2v) is 8.59. The lowest BCUT2D eigenvalue weighted by atomic mass is 10.1. The van der Waals surface area contributed by atoms with Gasteiger partial charge < -0.3 is 19.9 Å². The number of ether oxygens (including phenoxy) is 2. The maximum atomic E-state index is 12.2. The van der Waals surface area contributed by atoms with Crippen LogP contribution in [0.3, 0.4) is 0 Å². The van der Waals surface area contributed by atoms with Gasteiger partial charge in [0.15, 0.2) is 0 Å². The number of methoxy groups -OCH3 is 1. The molecule has 0 radical (unpaired) electrons. The molecule has 0 aromatic heterocycles. The smallest absolute Gasteiger partial charge is 0.303 e. The molecule has 0 saturated carbocycles. The second kappa shape index (κ2) is 16.4. The van der Waals surface area contributed by atoms with Crippen molar-refractivity contribution in [2.45, 2.75) is 71.1 Å². The average Bonchev–Trinajstić information content (AvgIpc) is 2.86. The maximum Gasteiger partial charge on any atom is 0.303 e. The minimum absolute atomic E-state index is 0.0124. The van der Waals surface area contributed by atoms with Gasteiger partial charge in [-0.1, -0.05) is 50.5 Å². The summed E-state index contributed by atoms with van der Waals surface area (Å²) in [6.45, 7) is 2.70. The van der Waals surface area contributed by atoms with E-state index in [2.05, 4.69) is 24.4 Å². The fourth-order valence-electron chi connectivity index (χ4n) is 3.65. The summed E-state index contributed by atoms with van der Waals surface area (Å²) in [6.07, 6.45) is 12.1. The Morgan fingerprint density at radius 1 is 0.971 bits per heavy atom. The number of aryl methyl sites for hydroxylation is 1. The van der Waals surface area contributed by atoms with Gasteiger partial charge in [0.05, 0.1) is 13.7 Å². The maximum absolute atomic E-state index is 12.2. The van der Waals surface area contributed by atoms with E-state index in [9.17, 15) is 9.59 Å². The average molecular weight is 482 g/mol. The molecule has 0 atom stereocenters.